The molecule has 0 aromatic rings. The Kier molecular flexibility index (Phi) is 30.7. The van der Waals surface area contributed by atoms with Crippen LogP contribution in [-0.4, -0.2) is 84.6 Å². The Bertz CT molecular complexity index is 1020. The van der Waals surface area contributed by atoms with Crippen LogP contribution in [-0.2, 0) is 18.4 Å². The number of hydrogen-bond donors (Lipinski definition) is 4. The molecule has 0 saturated heterocycles. The van der Waals surface area contributed by atoms with Crippen molar-refractivity contribution in [2.24, 2.45) is 0 Å². The van der Waals surface area contributed by atoms with Gasteiger partial charge in [0.15, 0.2) is 0 Å². The summed E-state index contributed by atoms with van der Waals surface area (Å²) in [7, 11) is 1.38. The van der Waals surface area contributed by atoms with Gasteiger partial charge in [-0.15, -0.1) is 0 Å². The monoisotopic (exact) mass is 726 g/mol. The molecule has 10 heteroatoms. The van der Waals surface area contributed by atoms with Crippen molar-refractivity contribution < 1.29 is 38.0 Å². The molecule has 0 bridgehead atoms. The van der Waals surface area contributed by atoms with E-state index in [2.05, 4.69) is 73.0 Å². The molecule has 0 radical (unpaired) electrons. The lowest BCUT2D eigenvalue weighted by atomic mass is 10.0. The Morgan fingerprint density at radius 2 is 1.28 bits per heavy atom. The van der Waals surface area contributed by atoms with Crippen molar-refractivity contribution in [2.75, 3.05) is 40.9 Å². The number of hydrogen-bond acceptors (Lipinski definition) is 6. The van der Waals surface area contributed by atoms with Crippen LogP contribution in [0.3, 0.4) is 0 Å². The molecular formula is C40H74N2O7P+. The largest absolute Gasteiger partial charge is 0.472 e. The van der Waals surface area contributed by atoms with E-state index in [0.29, 0.717) is 30.3 Å². The van der Waals surface area contributed by atoms with E-state index < -0.39 is 32.7 Å². The third kappa shape index (κ3) is 32.1. The van der Waals surface area contributed by atoms with Gasteiger partial charge in [-0.3, -0.25) is 13.8 Å². The number of phosphoric acid groups is 1. The maximum atomic E-state index is 12.8. The van der Waals surface area contributed by atoms with Gasteiger partial charge < -0.3 is 24.9 Å². The van der Waals surface area contributed by atoms with Crippen molar-refractivity contribution in [3.05, 3.63) is 60.8 Å². The van der Waals surface area contributed by atoms with Crippen molar-refractivity contribution in [2.45, 2.75) is 148 Å². The zero-order chi connectivity index (χ0) is 37.4. The number of phosphoric ester groups is 1. The van der Waals surface area contributed by atoms with Crippen molar-refractivity contribution in [1.29, 1.82) is 0 Å². The summed E-state index contributed by atoms with van der Waals surface area (Å²) in [5, 5.41) is 24.5. The first kappa shape index (κ1) is 48.2. The van der Waals surface area contributed by atoms with Crippen LogP contribution in [0.2, 0.25) is 0 Å². The second-order valence-electron chi connectivity index (χ2n) is 14.1. The fraction of sp³-hybridized carbons (Fsp3) is 0.725. The molecule has 1 amide bonds. The maximum absolute atomic E-state index is 12.8. The van der Waals surface area contributed by atoms with Crippen molar-refractivity contribution >= 4 is 13.7 Å². The summed E-state index contributed by atoms with van der Waals surface area (Å²) in [5.41, 5.74) is 0. The van der Waals surface area contributed by atoms with Gasteiger partial charge >= 0.3 is 7.82 Å². The number of likely N-dealkylation sites (N-methyl/N-ethyl adjacent to an activating group) is 1. The fourth-order valence-electron chi connectivity index (χ4n) is 4.96. The maximum Gasteiger partial charge on any atom is 0.472 e. The summed E-state index contributed by atoms with van der Waals surface area (Å²) in [6.07, 6.45) is 35.8. The molecule has 50 heavy (non-hydrogen) atoms. The van der Waals surface area contributed by atoms with Crippen LogP contribution in [0.25, 0.3) is 0 Å². The molecule has 9 nitrogen and oxygen atoms in total. The molecular weight excluding hydrogens is 651 g/mol. The van der Waals surface area contributed by atoms with Gasteiger partial charge in [0.25, 0.3) is 0 Å². The summed E-state index contributed by atoms with van der Waals surface area (Å²) in [6, 6.07) is -1.07. The number of allylic oxidation sites excluding steroid dienone is 10. The summed E-state index contributed by atoms with van der Waals surface area (Å²) >= 11 is 0. The molecule has 0 aromatic heterocycles. The smallest absolute Gasteiger partial charge is 0.390 e. The minimum atomic E-state index is -4.43. The van der Waals surface area contributed by atoms with E-state index in [1.807, 2.05) is 28.1 Å². The highest BCUT2D eigenvalue weighted by Gasteiger charge is 2.31. The third-order valence-corrected chi connectivity index (χ3v) is 9.12. The van der Waals surface area contributed by atoms with Gasteiger partial charge in [0, 0.05) is 6.42 Å². The van der Waals surface area contributed by atoms with Gasteiger partial charge in [0.2, 0.25) is 5.91 Å². The van der Waals surface area contributed by atoms with Crippen molar-refractivity contribution in [1.82, 2.24) is 5.32 Å². The van der Waals surface area contributed by atoms with Gasteiger partial charge in [0.1, 0.15) is 19.3 Å². The highest BCUT2D eigenvalue weighted by molar-refractivity contribution is 7.47. The Balaban J connectivity index is 4.72. The van der Waals surface area contributed by atoms with Crippen LogP contribution in [0.5, 0.6) is 0 Å². The van der Waals surface area contributed by atoms with Crippen LogP contribution in [0.4, 0.5) is 0 Å². The van der Waals surface area contributed by atoms with Gasteiger partial charge in [-0.2, -0.15) is 0 Å². The minimum Gasteiger partial charge on any atom is -0.390 e. The Labute approximate surface area is 305 Å². The van der Waals surface area contributed by atoms with Crippen LogP contribution in [0.1, 0.15) is 129 Å². The van der Waals surface area contributed by atoms with E-state index in [4.69, 9.17) is 9.05 Å². The Morgan fingerprint density at radius 1 is 0.740 bits per heavy atom. The highest BCUT2D eigenvalue weighted by Crippen LogP contribution is 2.43. The molecule has 0 spiro atoms. The molecule has 0 aliphatic heterocycles. The van der Waals surface area contributed by atoms with Crippen LogP contribution >= 0.6 is 7.82 Å². The lowest BCUT2D eigenvalue weighted by Gasteiger charge is -2.28. The molecule has 290 valence electrons. The van der Waals surface area contributed by atoms with Crippen LogP contribution < -0.4 is 5.32 Å². The van der Waals surface area contributed by atoms with E-state index >= 15 is 0 Å². The fourth-order valence-corrected chi connectivity index (χ4v) is 5.70. The molecule has 4 N–H and O–H groups in total. The van der Waals surface area contributed by atoms with Gasteiger partial charge in [-0.25, -0.2) is 4.57 Å². The SMILES string of the molecule is C/C=C/CC/C=C/CC/C=C/CCCC(O)C(O)C(COP(=O)(O)OCC[N+](C)(C)C)NC(=O)CCCCCCC/C=C\C/C=C\CCCC. The molecule has 0 heterocycles. The third-order valence-electron chi connectivity index (χ3n) is 8.13. The highest BCUT2D eigenvalue weighted by atomic mass is 31.2. The van der Waals surface area contributed by atoms with Crippen LogP contribution in [0.15, 0.2) is 60.8 Å². The van der Waals surface area contributed by atoms with Crippen LogP contribution in [0, 0.1) is 0 Å². The number of unbranched alkanes of at least 4 members (excludes halogenated alkanes) is 10. The molecule has 0 aliphatic rings. The zero-order valence-corrected chi connectivity index (χ0v) is 33.1. The number of carbonyl (C=O) groups is 1. The number of aliphatic hydroxyl groups excluding tert-OH is 2. The van der Waals surface area contributed by atoms with Gasteiger partial charge in [-0.05, 0) is 84.0 Å². The average molecular weight is 726 g/mol. The number of quaternary nitrogens is 1. The standard InChI is InChI=1S/C40H73N2O7P/c1-6-8-10-12-14-16-18-20-21-23-25-27-29-31-33-39(44)41-37(36-49-50(46,47)48-35-34-42(3,4)5)40(45)38(43)32-30-28-26-24-22-19-17-15-13-11-9-7-2/h7,9,12,14-15,17-18,20,24,26,37-38,40,43,45H,6,8,10-11,13,16,19,21-23,25,27-36H2,1-5H3,(H-,41,44,46,47)/p+1/b9-7+,14-12-,17-15+,20-18-,26-24+. The first-order valence-electron chi connectivity index (χ1n) is 19.2. The number of amides is 1. The summed E-state index contributed by atoms with van der Waals surface area (Å²) in [5.74, 6) is -0.294. The van der Waals surface area contributed by atoms with E-state index in [9.17, 15) is 24.5 Å². The van der Waals surface area contributed by atoms with E-state index in [1.165, 1.54) is 12.8 Å². The predicted molar refractivity (Wildman–Crippen MR) is 209 cm³/mol. The lowest BCUT2D eigenvalue weighted by molar-refractivity contribution is -0.870. The first-order valence-corrected chi connectivity index (χ1v) is 20.7. The first-order chi connectivity index (χ1) is 23.9. The van der Waals surface area contributed by atoms with E-state index in [1.54, 1.807) is 0 Å². The number of rotatable bonds is 33. The molecule has 0 saturated carbocycles. The van der Waals surface area contributed by atoms with E-state index in [-0.39, 0.29) is 18.9 Å². The van der Waals surface area contributed by atoms with Crippen molar-refractivity contribution in [3.8, 4) is 0 Å². The second-order valence-corrected chi connectivity index (χ2v) is 15.5. The molecule has 4 atom stereocenters. The Hall–Kier alpha value is -1.84. The van der Waals surface area contributed by atoms with Gasteiger partial charge in [0.05, 0.1) is 39.9 Å². The minimum absolute atomic E-state index is 0.00655. The number of carbonyl (C=O) groups excluding carboxylic acids is 1. The topological polar surface area (TPSA) is 125 Å². The van der Waals surface area contributed by atoms with Crippen molar-refractivity contribution in [3.63, 3.8) is 0 Å². The molecule has 0 rings (SSSR count). The molecule has 4 unspecified atom stereocenters. The number of aliphatic hydroxyl groups is 2. The molecule has 0 aliphatic carbocycles. The molecule has 0 aromatic carbocycles. The molecule has 0 fully saturated rings. The summed E-state index contributed by atoms with van der Waals surface area (Å²) < 4.78 is 23.4. The summed E-state index contributed by atoms with van der Waals surface area (Å²) in [6.45, 7) is 4.26. The van der Waals surface area contributed by atoms with E-state index in [0.717, 1.165) is 77.0 Å². The van der Waals surface area contributed by atoms with Gasteiger partial charge in [-0.1, -0.05) is 99.8 Å². The lowest BCUT2D eigenvalue weighted by Crippen LogP contribution is -2.51. The zero-order valence-electron chi connectivity index (χ0n) is 32.2. The average Bonchev–Trinajstić information content (AvgIpc) is 3.06. The summed E-state index contributed by atoms with van der Waals surface area (Å²) in [4.78, 5) is 23.0. The number of nitrogens with one attached hydrogen (secondary N) is 1. The normalized spacial score (nSPS) is 15.9. The Morgan fingerprint density at radius 3 is 1.90 bits per heavy atom. The second kappa shape index (κ2) is 31.9. The quantitative estimate of drug-likeness (QED) is 0.0231. The predicted octanol–water partition coefficient (Wildman–Crippen LogP) is 8.88. The number of nitrogens with zero attached hydrogens (tertiary/aromatic N) is 1.